The summed E-state index contributed by atoms with van der Waals surface area (Å²) in [6.07, 6.45) is 1.82. The quantitative estimate of drug-likeness (QED) is 0.852. The SMILES string of the molecule is O=c1[nH]c2ccccc2nc1N=S1(=O)CCCC1. The summed E-state index contributed by atoms with van der Waals surface area (Å²) in [6, 6.07) is 7.25. The third kappa shape index (κ3) is 2.03. The van der Waals surface area contributed by atoms with Gasteiger partial charge in [0.15, 0.2) is 0 Å². The lowest BCUT2D eigenvalue weighted by Crippen LogP contribution is -2.10. The standard InChI is InChI=1S/C12H13N3O2S/c16-12-11(15-18(17)7-3-4-8-18)13-9-5-1-2-6-10(9)14-12/h1-2,5-6H,3-4,7-8H2,(H,14,16). The maximum atomic E-state index is 12.3. The van der Waals surface area contributed by atoms with Crippen LogP contribution in [0.15, 0.2) is 33.4 Å². The minimum absolute atomic E-state index is 0.0422. The highest BCUT2D eigenvalue weighted by Gasteiger charge is 2.17. The van der Waals surface area contributed by atoms with Crippen LogP contribution in [0.2, 0.25) is 0 Å². The van der Waals surface area contributed by atoms with Crippen molar-refractivity contribution in [1.82, 2.24) is 9.97 Å². The molecule has 18 heavy (non-hydrogen) atoms. The Morgan fingerprint density at radius 2 is 1.94 bits per heavy atom. The van der Waals surface area contributed by atoms with Crippen LogP contribution >= 0.6 is 0 Å². The predicted octanol–water partition coefficient (Wildman–Crippen LogP) is 1.82. The highest BCUT2D eigenvalue weighted by molar-refractivity contribution is 7.93. The Hall–Kier alpha value is -1.69. The number of aromatic amines is 1. The largest absolute Gasteiger partial charge is 0.317 e. The van der Waals surface area contributed by atoms with Gasteiger partial charge >= 0.3 is 0 Å². The molecule has 5 nitrogen and oxygen atoms in total. The zero-order chi connectivity index (χ0) is 12.6. The molecule has 2 heterocycles. The molecule has 3 rings (SSSR count). The van der Waals surface area contributed by atoms with Gasteiger partial charge in [0, 0.05) is 11.5 Å². The molecule has 0 amide bonds. The van der Waals surface area contributed by atoms with E-state index in [0.29, 0.717) is 22.5 Å². The van der Waals surface area contributed by atoms with Crippen LogP contribution < -0.4 is 5.56 Å². The van der Waals surface area contributed by atoms with Gasteiger partial charge < -0.3 is 4.98 Å². The van der Waals surface area contributed by atoms with E-state index < -0.39 is 9.73 Å². The van der Waals surface area contributed by atoms with Crippen molar-refractivity contribution < 1.29 is 4.21 Å². The molecule has 1 aromatic carbocycles. The second-order valence-electron chi connectivity index (χ2n) is 4.39. The molecule has 0 saturated carbocycles. The molecule has 1 aliphatic heterocycles. The minimum Gasteiger partial charge on any atom is -0.317 e. The second-order valence-corrected chi connectivity index (χ2v) is 6.93. The first kappa shape index (κ1) is 11.4. The van der Waals surface area contributed by atoms with Gasteiger partial charge in [0.1, 0.15) is 0 Å². The number of hydrogen-bond donors (Lipinski definition) is 1. The smallest absolute Gasteiger partial charge is 0.294 e. The maximum Gasteiger partial charge on any atom is 0.294 e. The van der Waals surface area contributed by atoms with Crippen LogP contribution in [-0.4, -0.2) is 25.7 Å². The lowest BCUT2D eigenvalue weighted by atomic mass is 10.3. The van der Waals surface area contributed by atoms with E-state index in [0.717, 1.165) is 12.8 Å². The van der Waals surface area contributed by atoms with E-state index in [1.165, 1.54) is 0 Å². The van der Waals surface area contributed by atoms with Crippen LogP contribution in [0.25, 0.3) is 11.0 Å². The van der Waals surface area contributed by atoms with Gasteiger partial charge in [-0.1, -0.05) is 12.1 Å². The van der Waals surface area contributed by atoms with E-state index in [9.17, 15) is 9.00 Å². The number of hydrogen-bond acceptors (Lipinski definition) is 4. The van der Waals surface area contributed by atoms with E-state index in [1.807, 2.05) is 12.1 Å². The predicted molar refractivity (Wildman–Crippen MR) is 71.6 cm³/mol. The third-order valence-electron chi connectivity index (χ3n) is 3.01. The number of nitrogens with zero attached hydrogens (tertiary/aromatic N) is 2. The van der Waals surface area contributed by atoms with Crippen molar-refractivity contribution in [2.45, 2.75) is 12.8 Å². The summed E-state index contributed by atoms with van der Waals surface area (Å²) in [7, 11) is -2.26. The molecule has 0 radical (unpaired) electrons. The summed E-state index contributed by atoms with van der Waals surface area (Å²) in [4.78, 5) is 18.7. The molecule has 1 fully saturated rings. The summed E-state index contributed by atoms with van der Waals surface area (Å²) in [6.45, 7) is 0. The minimum atomic E-state index is -2.26. The van der Waals surface area contributed by atoms with Crippen molar-refractivity contribution >= 4 is 26.6 Å². The van der Waals surface area contributed by atoms with Crippen molar-refractivity contribution in [2.24, 2.45) is 4.36 Å². The summed E-state index contributed by atoms with van der Waals surface area (Å²) in [5, 5.41) is 0. The average Bonchev–Trinajstić information content (AvgIpc) is 2.77. The van der Waals surface area contributed by atoms with Crippen LogP contribution in [0.3, 0.4) is 0 Å². The van der Waals surface area contributed by atoms with Gasteiger partial charge in [-0.15, -0.1) is 0 Å². The molecule has 1 N–H and O–H groups in total. The first-order valence-corrected chi connectivity index (χ1v) is 7.73. The number of para-hydroxylation sites is 2. The van der Waals surface area contributed by atoms with Crippen LogP contribution in [0.1, 0.15) is 12.8 Å². The molecule has 0 atom stereocenters. The zero-order valence-corrected chi connectivity index (χ0v) is 10.6. The number of fused-ring (bicyclic) bond motifs is 1. The Morgan fingerprint density at radius 1 is 1.22 bits per heavy atom. The lowest BCUT2D eigenvalue weighted by Gasteiger charge is -2.01. The summed E-state index contributed by atoms with van der Waals surface area (Å²) < 4.78 is 16.4. The first-order valence-electron chi connectivity index (χ1n) is 5.88. The van der Waals surface area contributed by atoms with E-state index >= 15 is 0 Å². The third-order valence-corrected chi connectivity index (χ3v) is 5.37. The highest BCUT2D eigenvalue weighted by atomic mass is 32.2. The summed E-state index contributed by atoms with van der Waals surface area (Å²) in [5.41, 5.74) is 0.961. The number of aromatic nitrogens is 2. The Morgan fingerprint density at radius 3 is 2.72 bits per heavy atom. The van der Waals surface area contributed by atoms with Crippen molar-refractivity contribution in [2.75, 3.05) is 11.5 Å². The Labute approximate surface area is 104 Å². The Kier molecular flexibility index (Phi) is 2.66. The van der Waals surface area contributed by atoms with Gasteiger partial charge in [-0.05, 0) is 25.0 Å². The molecule has 1 saturated heterocycles. The molecule has 0 aliphatic carbocycles. The van der Waals surface area contributed by atoms with Crippen LogP contribution in [0.4, 0.5) is 5.82 Å². The molecular formula is C12H13N3O2S. The molecule has 94 valence electrons. The number of rotatable bonds is 1. The molecule has 1 aliphatic rings. The number of nitrogens with one attached hydrogen (secondary N) is 1. The van der Waals surface area contributed by atoms with Crippen LogP contribution in [-0.2, 0) is 9.73 Å². The zero-order valence-electron chi connectivity index (χ0n) is 9.76. The fourth-order valence-corrected chi connectivity index (χ4v) is 4.22. The van der Waals surface area contributed by atoms with Crippen molar-refractivity contribution in [3.8, 4) is 0 Å². The van der Waals surface area contributed by atoms with Crippen molar-refractivity contribution in [3.63, 3.8) is 0 Å². The average molecular weight is 263 g/mol. The van der Waals surface area contributed by atoms with Crippen molar-refractivity contribution in [1.29, 1.82) is 0 Å². The van der Waals surface area contributed by atoms with Gasteiger partial charge in [0.25, 0.3) is 5.56 Å². The molecule has 0 bridgehead atoms. The maximum absolute atomic E-state index is 12.3. The molecule has 1 aromatic heterocycles. The highest BCUT2D eigenvalue weighted by Crippen LogP contribution is 2.18. The molecule has 0 unspecified atom stereocenters. The summed E-state index contributed by atoms with van der Waals surface area (Å²) in [5.74, 6) is 1.18. The first-order chi connectivity index (χ1) is 8.66. The molecule has 0 spiro atoms. The summed E-state index contributed by atoms with van der Waals surface area (Å²) >= 11 is 0. The van der Waals surface area contributed by atoms with Crippen LogP contribution in [0, 0.1) is 0 Å². The normalized spacial score (nSPS) is 18.0. The fourth-order valence-electron chi connectivity index (χ4n) is 2.09. The fraction of sp³-hybridized carbons (Fsp3) is 0.333. The topological polar surface area (TPSA) is 75.2 Å². The van der Waals surface area contributed by atoms with E-state index in [-0.39, 0.29) is 11.4 Å². The van der Waals surface area contributed by atoms with Crippen molar-refractivity contribution in [3.05, 3.63) is 34.6 Å². The lowest BCUT2D eigenvalue weighted by molar-refractivity contribution is 0.681. The number of H-pyrrole nitrogens is 1. The number of benzene rings is 1. The van der Waals surface area contributed by atoms with Gasteiger partial charge in [-0.2, -0.15) is 4.36 Å². The Balaban J connectivity index is 2.21. The Bertz CT molecular complexity index is 760. The van der Waals surface area contributed by atoms with E-state index in [2.05, 4.69) is 14.3 Å². The van der Waals surface area contributed by atoms with Gasteiger partial charge in [-0.25, -0.2) is 9.19 Å². The van der Waals surface area contributed by atoms with Gasteiger partial charge in [0.2, 0.25) is 5.82 Å². The van der Waals surface area contributed by atoms with E-state index in [1.54, 1.807) is 12.1 Å². The van der Waals surface area contributed by atoms with Crippen LogP contribution in [0.5, 0.6) is 0 Å². The van der Waals surface area contributed by atoms with E-state index in [4.69, 9.17) is 0 Å². The molecular weight excluding hydrogens is 250 g/mol. The monoisotopic (exact) mass is 263 g/mol. The van der Waals surface area contributed by atoms with Gasteiger partial charge in [0.05, 0.1) is 20.8 Å². The second kappa shape index (κ2) is 4.20. The molecule has 2 aromatic rings. The molecule has 6 heteroatoms. The van der Waals surface area contributed by atoms with Gasteiger partial charge in [-0.3, -0.25) is 4.79 Å².